The fourth-order valence-corrected chi connectivity index (χ4v) is 1.85. The molecule has 0 aliphatic heterocycles. The Kier molecular flexibility index (Phi) is 9.26. The van der Waals surface area contributed by atoms with Crippen molar-refractivity contribution >= 4 is 29.1 Å². The Morgan fingerprint density at radius 1 is 1.07 bits per heavy atom. The van der Waals surface area contributed by atoms with E-state index in [0.717, 1.165) is 13.1 Å². The van der Waals surface area contributed by atoms with Gasteiger partial charge in [-0.1, -0.05) is 0 Å². The first kappa shape index (κ1) is 15.0. The van der Waals surface area contributed by atoms with Crippen molar-refractivity contribution in [3.05, 3.63) is 0 Å². The number of carbonyl (C=O) groups excluding carboxylic acids is 1. The average Bonchev–Trinajstić information content (AvgIpc) is 2.20. The van der Waals surface area contributed by atoms with Gasteiger partial charge in [-0.05, 0) is 13.8 Å². The molecule has 0 fully saturated rings. The van der Waals surface area contributed by atoms with Gasteiger partial charge in [-0.3, -0.25) is 9.69 Å². The van der Waals surface area contributed by atoms with Gasteiger partial charge in [0.25, 0.3) is 0 Å². The molecule has 0 aliphatic rings. The van der Waals surface area contributed by atoms with Crippen molar-refractivity contribution in [1.29, 1.82) is 0 Å². The second-order valence-electron chi connectivity index (χ2n) is 3.22. The highest BCUT2D eigenvalue weighted by molar-refractivity contribution is 6.18. The first-order valence-corrected chi connectivity index (χ1v) is 6.38. The van der Waals surface area contributed by atoms with E-state index in [2.05, 4.69) is 0 Å². The average molecular weight is 255 g/mol. The van der Waals surface area contributed by atoms with Crippen LogP contribution in [0.15, 0.2) is 0 Å². The quantitative estimate of drug-likeness (QED) is 0.615. The van der Waals surface area contributed by atoms with Crippen molar-refractivity contribution in [2.45, 2.75) is 13.8 Å². The normalized spacial score (nSPS) is 10.7. The van der Waals surface area contributed by atoms with Crippen molar-refractivity contribution in [1.82, 2.24) is 9.80 Å². The number of carbonyl (C=O) groups is 1. The van der Waals surface area contributed by atoms with Crippen LogP contribution in [0.2, 0.25) is 0 Å². The first-order valence-electron chi connectivity index (χ1n) is 5.31. The summed E-state index contributed by atoms with van der Waals surface area (Å²) in [6.45, 7) is 7.31. The molecule has 0 aromatic heterocycles. The summed E-state index contributed by atoms with van der Waals surface area (Å²) >= 11 is 11.3. The predicted octanol–water partition coefficient (Wildman–Crippen LogP) is 1.63. The van der Waals surface area contributed by atoms with E-state index in [4.69, 9.17) is 23.2 Å². The molecule has 0 spiro atoms. The SMILES string of the molecule is CCN(CC)C(=O)CN(CCCl)CCCl. The van der Waals surface area contributed by atoms with Gasteiger partial charge >= 0.3 is 0 Å². The van der Waals surface area contributed by atoms with Gasteiger partial charge in [0.2, 0.25) is 5.91 Å². The Balaban J connectivity index is 4.07. The standard InChI is InChI=1S/C10H20Cl2N2O/c1-3-14(4-2)10(15)9-13(7-5-11)8-6-12/h3-9H2,1-2H3. The van der Waals surface area contributed by atoms with Gasteiger partial charge < -0.3 is 4.90 Å². The summed E-state index contributed by atoms with van der Waals surface area (Å²) in [5.41, 5.74) is 0. The van der Waals surface area contributed by atoms with E-state index in [1.54, 1.807) is 0 Å². The van der Waals surface area contributed by atoms with E-state index in [1.807, 2.05) is 23.6 Å². The highest BCUT2D eigenvalue weighted by atomic mass is 35.5. The van der Waals surface area contributed by atoms with E-state index in [-0.39, 0.29) is 5.91 Å². The van der Waals surface area contributed by atoms with Crippen LogP contribution in [0.1, 0.15) is 13.8 Å². The lowest BCUT2D eigenvalue weighted by Crippen LogP contribution is -2.41. The van der Waals surface area contributed by atoms with Crippen LogP contribution in [0.3, 0.4) is 0 Å². The minimum Gasteiger partial charge on any atom is -0.342 e. The lowest BCUT2D eigenvalue weighted by molar-refractivity contribution is -0.131. The largest absolute Gasteiger partial charge is 0.342 e. The molecule has 5 heteroatoms. The molecule has 0 saturated carbocycles. The van der Waals surface area contributed by atoms with E-state index in [9.17, 15) is 4.79 Å². The number of hydrogen-bond donors (Lipinski definition) is 0. The number of rotatable bonds is 8. The Hall–Kier alpha value is 0.01000. The fourth-order valence-electron chi connectivity index (χ4n) is 1.38. The monoisotopic (exact) mass is 254 g/mol. The molecule has 0 unspecified atom stereocenters. The van der Waals surface area contributed by atoms with Gasteiger partial charge in [-0.25, -0.2) is 0 Å². The second kappa shape index (κ2) is 9.25. The Morgan fingerprint density at radius 3 is 1.87 bits per heavy atom. The number of amides is 1. The van der Waals surface area contributed by atoms with Gasteiger partial charge in [-0.2, -0.15) is 0 Å². The molecular formula is C10H20Cl2N2O. The maximum Gasteiger partial charge on any atom is 0.236 e. The third-order valence-corrected chi connectivity index (χ3v) is 2.61. The molecule has 0 radical (unpaired) electrons. The Bertz CT molecular complexity index is 169. The zero-order valence-corrected chi connectivity index (χ0v) is 11.0. The van der Waals surface area contributed by atoms with Crippen LogP contribution >= 0.6 is 23.2 Å². The molecule has 0 aromatic rings. The molecule has 3 nitrogen and oxygen atoms in total. The van der Waals surface area contributed by atoms with Crippen LogP contribution in [-0.2, 0) is 4.79 Å². The van der Waals surface area contributed by atoms with Gasteiger partial charge in [0, 0.05) is 37.9 Å². The number of halogens is 2. The van der Waals surface area contributed by atoms with Crippen LogP contribution in [0.25, 0.3) is 0 Å². The molecule has 15 heavy (non-hydrogen) atoms. The summed E-state index contributed by atoms with van der Waals surface area (Å²) in [7, 11) is 0. The van der Waals surface area contributed by atoms with E-state index < -0.39 is 0 Å². The molecule has 0 aromatic carbocycles. The molecule has 0 aliphatic carbocycles. The van der Waals surface area contributed by atoms with Crippen molar-refractivity contribution in [3.63, 3.8) is 0 Å². The van der Waals surface area contributed by atoms with Crippen molar-refractivity contribution < 1.29 is 4.79 Å². The van der Waals surface area contributed by atoms with E-state index in [1.165, 1.54) is 0 Å². The third kappa shape index (κ3) is 6.23. The summed E-state index contributed by atoms with van der Waals surface area (Å²) in [5, 5.41) is 0. The van der Waals surface area contributed by atoms with Gasteiger partial charge in [0.05, 0.1) is 6.54 Å². The minimum absolute atomic E-state index is 0.148. The van der Waals surface area contributed by atoms with Crippen LogP contribution in [-0.4, -0.2) is 60.2 Å². The summed E-state index contributed by atoms with van der Waals surface area (Å²) in [5.74, 6) is 1.21. The zero-order chi connectivity index (χ0) is 11.7. The number of nitrogens with zero attached hydrogens (tertiary/aromatic N) is 2. The molecule has 0 bridgehead atoms. The lowest BCUT2D eigenvalue weighted by Gasteiger charge is -2.24. The molecule has 0 atom stereocenters. The lowest BCUT2D eigenvalue weighted by atomic mass is 10.4. The maximum absolute atomic E-state index is 11.8. The van der Waals surface area contributed by atoms with Gasteiger partial charge in [-0.15, -0.1) is 23.2 Å². The fraction of sp³-hybridized carbons (Fsp3) is 0.900. The Morgan fingerprint density at radius 2 is 1.53 bits per heavy atom. The molecule has 0 N–H and O–H groups in total. The van der Waals surface area contributed by atoms with Crippen molar-refractivity contribution in [3.8, 4) is 0 Å². The molecule has 0 rings (SSSR count). The second-order valence-corrected chi connectivity index (χ2v) is 3.98. The number of alkyl halides is 2. The summed E-state index contributed by atoms with van der Waals surface area (Å²) in [6, 6.07) is 0. The van der Waals surface area contributed by atoms with Crippen molar-refractivity contribution in [2.75, 3.05) is 44.5 Å². The van der Waals surface area contributed by atoms with Gasteiger partial charge in [0.15, 0.2) is 0 Å². The zero-order valence-electron chi connectivity index (χ0n) is 9.51. The predicted molar refractivity (Wildman–Crippen MR) is 65.8 cm³/mol. The smallest absolute Gasteiger partial charge is 0.236 e. The van der Waals surface area contributed by atoms with Crippen LogP contribution < -0.4 is 0 Å². The molecule has 0 heterocycles. The topological polar surface area (TPSA) is 23.6 Å². The van der Waals surface area contributed by atoms with Crippen LogP contribution in [0, 0.1) is 0 Å². The summed E-state index contributed by atoms with van der Waals surface area (Å²) in [4.78, 5) is 15.6. The molecular weight excluding hydrogens is 235 g/mol. The molecule has 0 saturated heterocycles. The van der Waals surface area contributed by atoms with Gasteiger partial charge in [0.1, 0.15) is 0 Å². The molecule has 90 valence electrons. The van der Waals surface area contributed by atoms with Crippen LogP contribution in [0.4, 0.5) is 0 Å². The first-order chi connectivity index (χ1) is 7.19. The highest BCUT2D eigenvalue weighted by Crippen LogP contribution is 1.96. The minimum atomic E-state index is 0.148. The summed E-state index contributed by atoms with van der Waals surface area (Å²) in [6.07, 6.45) is 0. The summed E-state index contributed by atoms with van der Waals surface area (Å²) < 4.78 is 0. The molecule has 1 amide bonds. The number of hydrogen-bond acceptors (Lipinski definition) is 2. The van der Waals surface area contributed by atoms with E-state index in [0.29, 0.717) is 31.4 Å². The van der Waals surface area contributed by atoms with Crippen molar-refractivity contribution in [2.24, 2.45) is 0 Å². The Labute approximate surface area is 102 Å². The maximum atomic E-state index is 11.8. The van der Waals surface area contributed by atoms with Crippen LogP contribution in [0.5, 0.6) is 0 Å². The third-order valence-electron chi connectivity index (χ3n) is 2.28. The van der Waals surface area contributed by atoms with E-state index >= 15 is 0 Å². The number of likely N-dealkylation sites (N-methyl/N-ethyl adjacent to an activating group) is 1. The highest BCUT2D eigenvalue weighted by Gasteiger charge is 2.13.